The van der Waals surface area contributed by atoms with Crippen molar-refractivity contribution in [3.8, 4) is 10.6 Å². The maximum absolute atomic E-state index is 12.2. The molecule has 3 aromatic rings. The zero-order valence-electron chi connectivity index (χ0n) is 18.5. The Balaban J connectivity index is 1.52. The highest BCUT2D eigenvalue weighted by Gasteiger charge is 2.24. The zero-order valence-corrected chi connectivity index (χ0v) is 19.3. The third kappa shape index (κ3) is 4.76. The Morgan fingerprint density at radius 2 is 2.09 bits per heavy atom. The fourth-order valence-corrected chi connectivity index (χ4v) is 5.06. The normalized spacial score (nSPS) is 16.8. The summed E-state index contributed by atoms with van der Waals surface area (Å²) in [5, 5.41) is 13.1. The first-order valence-electron chi connectivity index (χ1n) is 11.3. The minimum absolute atomic E-state index is 0.255. The summed E-state index contributed by atoms with van der Waals surface area (Å²) in [6.07, 6.45) is 8.56. The maximum atomic E-state index is 12.2. The Hall–Kier alpha value is -3.24. The number of likely N-dealkylation sites (tertiary alicyclic amines) is 1. The van der Waals surface area contributed by atoms with E-state index in [1.807, 2.05) is 0 Å². The number of hydrogen-bond acceptors (Lipinski definition) is 8. The van der Waals surface area contributed by atoms with E-state index in [1.165, 1.54) is 30.8 Å². The summed E-state index contributed by atoms with van der Waals surface area (Å²) in [6, 6.07) is 6.83. The molecule has 3 aromatic heterocycles. The van der Waals surface area contributed by atoms with Crippen molar-refractivity contribution in [1.82, 2.24) is 30.1 Å². The van der Waals surface area contributed by atoms with Gasteiger partial charge in [0, 0.05) is 36.1 Å². The van der Waals surface area contributed by atoms with Crippen LogP contribution in [-0.4, -0.2) is 58.0 Å². The van der Waals surface area contributed by atoms with Crippen LogP contribution in [0.25, 0.3) is 22.3 Å². The molecule has 2 aliphatic rings. The average molecular weight is 466 g/mol. The molecular weight excluding hydrogens is 438 g/mol. The molecule has 1 saturated carbocycles. The van der Waals surface area contributed by atoms with Crippen molar-refractivity contribution in [3.63, 3.8) is 0 Å². The second kappa shape index (κ2) is 9.32. The predicted molar refractivity (Wildman–Crippen MR) is 129 cm³/mol. The molecule has 33 heavy (non-hydrogen) atoms. The van der Waals surface area contributed by atoms with E-state index in [2.05, 4.69) is 44.1 Å². The van der Waals surface area contributed by atoms with Crippen LogP contribution in [0.15, 0.2) is 30.1 Å². The first-order valence-corrected chi connectivity index (χ1v) is 12.1. The fraction of sp³-hybridized carbons (Fsp3) is 0.391. The molecule has 5 rings (SSSR count). The van der Waals surface area contributed by atoms with Gasteiger partial charge in [0.25, 0.3) is 5.91 Å². The first-order chi connectivity index (χ1) is 16.1. The lowest BCUT2D eigenvalue weighted by Crippen LogP contribution is -2.28. The molecule has 10 heteroatoms. The molecule has 0 atom stereocenters. The molecule has 0 radical (unpaired) electrons. The highest BCUT2D eigenvalue weighted by atomic mass is 32.1. The number of rotatable bonds is 9. The van der Waals surface area contributed by atoms with E-state index < -0.39 is 5.91 Å². The van der Waals surface area contributed by atoms with Gasteiger partial charge in [0.1, 0.15) is 11.5 Å². The zero-order chi connectivity index (χ0) is 22.8. The number of nitrogens with zero attached hydrogens (tertiary/aromatic N) is 4. The molecule has 0 aromatic carbocycles. The van der Waals surface area contributed by atoms with Crippen molar-refractivity contribution in [3.05, 3.63) is 40.5 Å². The van der Waals surface area contributed by atoms with Gasteiger partial charge in [-0.3, -0.25) is 19.8 Å². The summed E-state index contributed by atoms with van der Waals surface area (Å²) in [6.45, 7) is 3.33. The number of thiophene rings is 1. The van der Waals surface area contributed by atoms with E-state index >= 15 is 0 Å². The minimum atomic E-state index is -0.510. The van der Waals surface area contributed by atoms with Gasteiger partial charge in [-0.05, 0) is 57.0 Å². The molecular formula is C23H27N7O2S. The van der Waals surface area contributed by atoms with Crippen LogP contribution in [0.1, 0.15) is 36.1 Å². The number of carbonyl (C=O) groups is 2. The first kappa shape index (κ1) is 21.6. The van der Waals surface area contributed by atoms with Crippen molar-refractivity contribution in [2.24, 2.45) is 0 Å². The van der Waals surface area contributed by atoms with Gasteiger partial charge >= 0.3 is 0 Å². The van der Waals surface area contributed by atoms with Crippen LogP contribution >= 0.6 is 11.3 Å². The lowest BCUT2D eigenvalue weighted by molar-refractivity contribution is -0.122. The third-order valence-electron chi connectivity index (χ3n) is 5.92. The molecule has 0 unspecified atom stereocenters. The second-order valence-corrected chi connectivity index (χ2v) is 9.60. The summed E-state index contributed by atoms with van der Waals surface area (Å²) in [5.74, 6) is 0.374. The number of imide groups is 1. The quantitative estimate of drug-likeness (QED) is 0.329. The Bertz CT molecular complexity index is 1200. The third-order valence-corrected chi connectivity index (χ3v) is 7.02. The molecule has 0 bridgehead atoms. The highest BCUT2D eigenvalue weighted by molar-refractivity contribution is 7.15. The fourth-order valence-electron chi connectivity index (χ4n) is 4.05. The molecule has 2 fully saturated rings. The van der Waals surface area contributed by atoms with Crippen molar-refractivity contribution >= 4 is 41.2 Å². The number of anilines is 1. The minimum Gasteiger partial charge on any atom is -0.384 e. The molecule has 9 nitrogen and oxygen atoms in total. The van der Waals surface area contributed by atoms with Crippen LogP contribution in [-0.2, 0) is 16.1 Å². The number of aromatic nitrogens is 3. The molecule has 2 amide bonds. The van der Waals surface area contributed by atoms with Crippen LogP contribution in [0.3, 0.4) is 0 Å². The lowest BCUT2D eigenvalue weighted by atomic mass is 10.2. The topological polar surface area (TPSA) is 104 Å². The Labute approximate surface area is 195 Å². The molecule has 172 valence electrons. The highest BCUT2D eigenvalue weighted by Crippen LogP contribution is 2.33. The van der Waals surface area contributed by atoms with E-state index in [4.69, 9.17) is 4.98 Å². The van der Waals surface area contributed by atoms with Crippen LogP contribution in [0, 0.1) is 0 Å². The molecule has 1 aliphatic heterocycles. The smallest absolute Gasteiger partial charge is 0.273 e. The number of amides is 2. The predicted octanol–water partition coefficient (Wildman–Crippen LogP) is 2.46. The molecule has 1 aliphatic carbocycles. The van der Waals surface area contributed by atoms with Crippen LogP contribution in [0.5, 0.6) is 0 Å². The van der Waals surface area contributed by atoms with E-state index in [9.17, 15) is 9.59 Å². The van der Waals surface area contributed by atoms with Gasteiger partial charge < -0.3 is 10.6 Å². The van der Waals surface area contributed by atoms with Gasteiger partial charge in [0.2, 0.25) is 6.41 Å². The van der Waals surface area contributed by atoms with Gasteiger partial charge in [0.15, 0.2) is 5.65 Å². The summed E-state index contributed by atoms with van der Waals surface area (Å²) in [5.41, 5.74) is 2.47. The molecule has 3 N–H and O–H groups in total. The molecule has 1 saturated heterocycles. The number of fused-ring (bicyclic) bond motifs is 1. The summed E-state index contributed by atoms with van der Waals surface area (Å²) < 4.78 is 1.78. The maximum Gasteiger partial charge on any atom is 0.273 e. The monoisotopic (exact) mass is 465 g/mol. The Kier molecular flexibility index (Phi) is 6.10. The summed E-state index contributed by atoms with van der Waals surface area (Å²) in [4.78, 5) is 32.7. The van der Waals surface area contributed by atoms with E-state index in [1.54, 1.807) is 35.2 Å². The SMILES string of the molecule is CN/C(=C\c1cnn2c(NC3CC3)cc(-c3ccc(CN4CCCC4)s3)nc12)C(=O)NC=O. The van der Waals surface area contributed by atoms with Gasteiger partial charge in [0.05, 0.1) is 16.8 Å². The van der Waals surface area contributed by atoms with E-state index in [-0.39, 0.29) is 5.70 Å². The Morgan fingerprint density at radius 3 is 2.82 bits per heavy atom. The van der Waals surface area contributed by atoms with Gasteiger partial charge in [-0.15, -0.1) is 11.3 Å². The molecule has 0 spiro atoms. The van der Waals surface area contributed by atoms with Gasteiger partial charge in [-0.2, -0.15) is 9.61 Å². The number of likely N-dealkylation sites (N-methyl/N-ethyl adjacent to an activating group) is 1. The van der Waals surface area contributed by atoms with Crippen LogP contribution in [0.2, 0.25) is 0 Å². The van der Waals surface area contributed by atoms with E-state index in [0.29, 0.717) is 23.7 Å². The summed E-state index contributed by atoms with van der Waals surface area (Å²) >= 11 is 1.77. The number of carbonyl (C=O) groups excluding carboxylic acids is 2. The summed E-state index contributed by atoms with van der Waals surface area (Å²) in [7, 11) is 1.63. The van der Waals surface area contributed by atoms with Crippen molar-refractivity contribution in [2.45, 2.75) is 38.3 Å². The van der Waals surface area contributed by atoms with E-state index in [0.717, 1.165) is 35.8 Å². The van der Waals surface area contributed by atoms with Crippen LogP contribution in [0.4, 0.5) is 5.82 Å². The lowest BCUT2D eigenvalue weighted by Gasteiger charge is -2.12. The van der Waals surface area contributed by atoms with Crippen molar-refractivity contribution < 1.29 is 9.59 Å². The standard InChI is InChI=1S/C23H27N7O2S/c1-24-19(23(32)25-14-31)10-15-12-26-30-21(27-16-4-5-16)11-18(28-22(15)30)20-7-6-17(33-20)13-29-8-2-3-9-29/h6-7,10-12,14,16,24,27H,2-5,8-9,13H2,1H3,(H,25,31,32)/b19-10-. The van der Waals surface area contributed by atoms with Crippen LogP contribution < -0.4 is 16.0 Å². The van der Waals surface area contributed by atoms with Gasteiger partial charge in [-0.1, -0.05) is 0 Å². The van der Waals surface area contributed by atoms with Gasteiger partial charge in [-0.25, -0.2) is 4.98 Å². The van der Waals surface area contributed by atoms with Crippen molar-refractivity contribution in [1.29, 1.82) is 0 Å². The largest absolute Gasteiger partial charge is 0.384 e. The molecule has 4 heterocycles. The average Bonchev–Trinajstić information content (AvgIpc) is 3.20. The second-order valence-electron chi connectivity index (χ2n) is 8.43. The number of nitrogens with one attached hydrogen (secondary N) is 3. The van der Waals surface area contributed by atoms with Crippen molar-refractivity contribution in [2.75, 3.05) is 25.5 Å². The Morgan fingerprint density at radius 1 is 1.27 bits per heavy atom. The number of hydrogen-bond donors (Lipinski definition) is 3.